The van der Waals surface area contributed by atoms with Crippen LogP contribution in [0.15, 0.2) is 12.1 Å². The first kappa shape index (κ1) is 13.4. The molecule has 0 bridgehead atoms. The van der Waals surface area contributed by atoms with Gasteiger partial charge >= 0.3 is 0 Å². The van der Waals surface area contributed by atoms with Gasteiger partial charge in [0.2, 0.25) is 0 Å². The molecule has 0 radical (unpaired) electrons. The molecule has 0 unspecified atom stereocenters. The van der Waals surface area contributed by atoms with Crippen LogP contribution in [0.2, 0.25) is 0 Å². The van der Waals surface area contributed by atoms with Crippen LogP contribution in [0.5, 0.6) is 0 Å². The van der Waals surface area contributed by atoms with Crippen molar-refractivity contribution in [1.82, 2.24) is 10.3 Å². The Balaban J connectivity index is 1.62. The number of pyridine rings is 1. The van der Waals surface area contributed by atoms with Crippen molar-refractivity contribution in [3.63, 3.8) is 0 Å². The number of nitrogens with zero attached hydrogens (tertiary/aromatic N) is 1. The van der Waals surface area contributed by atoms with Crippen LogP contribution in [-0.4, -0.2) is 24.5 Å². The lowest BCUT2D eigenvalue weighted by atomic mass is 9.98. The van der Waals surface area contributed by atoms with E-state index in [1.165, 1.54) is 25.7 Å². The molecule has 3 rings (SSSR count). The van der Waals surface area contributed by atoms with Crippen molar-refractivity contribution in [3.8, 4) is 0 Å². The topological polar surface area (TPSA) is 54.0 Å². The molecule has 0 atom stereocenters. The zero-order chi connectivity index (χ0) is 14.1. The Kier molecular flexibility index (Phi) is 3.64. The third-order valence-corrected chi connectivity index (χ3v) is 4.43. The fraction of sp³-hybridized carbons (Fsp3) is 0.625. The Bertz CT molecular complexity index is 494. The number of carbonyl (C=O) groups is 1. The van der Waals surface area contributed by atoms with Gasteiger partial charge in [-0.1, -0.05) is 0 Å². The summed E-state index contributed by atoms with van der Waals surface area (Å²) in [6.07, 6.45) is 5.43. The highest BCUT2D eigenvalue weighted by molar-refractivity contribution is 5.95. The van der Waals surface area contributed by atoms with Crippen molar-refractivity contribution in [1.29, 1.82) is 0 Å². The van der Waals surface area contributed by atoms with Crippen LogP contribution in [0, 0.1) is 24.7 Å². The summed E-state index contributed by atoms with van der Waals surface area (Å²) in [6.45, 7) is 2.75. The second kappa shape index (κ2) is 5.43. The van der Waals surface area contributed by atoms with Crippen LogP contribution >= 0.6 is 0 Å². The first-order valence-corrected chi connectivity index (χ1v) is 7.62. The van der Waals surface area contributed by atoms with Gasteiger partial charge in [0.15, 0.2) is 0 Å². The van der Waals surface area contributed by atoms with Gasteiger partial charge in [-0.15, -0.1) is 0 Å². The van der Waals surface area contributed by atoms with E-state index in [9.17, 15) is 4.79 Å². The maximum absolute atomic E-state index is 12.3. The van der Waals surface area contributed by atoms with E-state index in [0.717, 1.165) is 29.9 Å². The van der Waals surface area contributed by atoms with E-state index in [1.807, 2.05) is 26.1 Å². The molecule has 0 aliphatic heterocycles. The molecule has 0 spiro atoms. The van der Waals surface area contributed by atoms with Crippen molar-refractivity contribution in [2.75, 3.05) is 18.9 Å². The summed E-state index contributed by atoms with van der Waals surface area (Å²) >= 11 is 0. The van der Waals surface area contributed by atoms with Gasteiger partial charge in [-0.3, -0.25) is 4.79 Å². The summed E-state index contributed by atoms with van der Waals surface area (Å²) < 4.78 is 0. The van der Waals surface area contributed by atoms with E-state index < -0.39 is 0 Å². The normalized spacial score (nSPS) is 18.1. The maximum Gasteiger partial charge on any atom is 0.251 e. The molecule has 2 aliphatic carbocycles. The summed E-state index contributed by atoms with van der Waals surface area (Å²) in [5.74, 6) is 3.23. The lowest BCUT2D eigenvalue weighted by Crippen LogP contribution is -2.31. The van der Waals surface area contributed by atoms with Crippen LogP contribution in [0.3, 0.4) is 0 Å². The van der Waals surface area contributed by atoms with Crippen LogP contribution < -0.4 is 10.6 Å². The standard InChI is InChI=1S/C16H23N3O/c1-10-7-13(8-15(17-2)19-10)16(20)18-9-14(11-3-4-11)12-5-6-12/h7-8,11-12,14H,3-6,9H2,1-2H3,(H,17,19)(H,18,20). The Morgan fingerprint density at radius 1 is 1.30 bits per heavy atom. The molecule has 1 aromatic heterocycles. The molecule has 20 heavy (non-hydrogen) atoms. The van der Waals surface area contributed by atoms with Crippen molar-refractivity contribution >= 4 is 11.7 Å². The molecule has 2 aliphatic rings. The molecule has 1 aromatic rings. The highest BCUT2D eigenvalue weighted by Crippen LogP contribution is 2.48. The lowest BCUT2D eigenvalue weighted by Gasteiger charge is -2.16. The minimum atomic E-state index is 0.0262. The SMILES string of the molecule is CNc1cc(C(=O)NCC(C2CC2)C2CC2)cc(C)n1. The van der Waals surface area contributed by atoms with Gasteiger partial charge in [-0.25, -0.2) is 4.98 Å². The molecule has 4 nitrogen and oxygen atoms in total. The van der Waals surface area contributed by atoms with Crippen LogP contribution in [0.25, 0.3) is 0 Å². The van der Waals surface area contributed by atoms with Gasteiger partial charge in [0.1, 0.15) is 5.82 Å². The summed E-state index contributed by atoms with van der Waals surface area (Å²) in [7, 11) is 1.82. The Hall–Kier alpha value is -1.58. The highest BCUT2D eigenvalue weighted by Gasteiger charge is 2.41. The summed E-state index contributed by atoms with van der Waals surface area (Å²) in [5, 5.41) is 6.12. The van der Waals surface area contributed by atoms with E-state index in [2.05, 4.69) is 15.6 Å². The number of carbonyl (C=O) groups excluding carboxylic acids is 1. The van der Waals surface area contributed by atoms with E-state index in [4.69, 9.17) is 0 Å². The summed E-state index contributed by atoms with van der Waals surface area (Å²) in [5.41, 5.74) is 1.56. The molecule has 2 saturated carbocycles. The number of amides is 1. The predicted molar refractivity (Wildman–Crippen MR) is 79.8 cm³/mol. The molecular formula is C16H23N3O. The second-order valence-electron chi connectivity index (χ2n) is 6.18. The van der Waals surface area contributed by atoms with Crippen LogP contribution in [-0.2, 0) is 0 Å². The van der Waals surface area contributed by atoms with Gasteiger partial charge in [0.05, 0.1) is 0 Å². The molecule has 1 amide bonds. The lowest BCUT2D eigenvalue weighted by molar-refractivity contribution is 0.0943. The van der Waals surface area contributed by atoms with Gasteiger partial charge in [0, 0.05) is 24.8 Å². The molecule has 2 fully saturated rings. The molecule has 4 heteroatoms. The number of hydrogen-bond donors (Lipinski definition) is 2. The van der Waals surface area contributed by atoms with Crippen molar-refractivity contribution in [3.05, 3.63) is 23.4 Å². The number of anilines is 1. The zero-order valence-electron chi connectivity index (χ0n) is 12.3. The molecule has 2 N–H and O–H groups in total. The third-order valence-electron chi connectivity index (χ3n) is 4.43. The average molecular weight is 273 g/mol. The fourth-order valence-electron chi connectivity index (χ4n) is 3.01. The summed E-state index contributed by atoms with van der Waals surface area (Å²) in [6, 6.07) is 3.66. The zero-order valence-corrected chi connectivity index (χ0v) is 12.3. The Morgan fingerprint density at radius 3 is 2.50 bits per heavy atom. The van der Waals surface area contributed by atoms with Crippen molar-refractivity contribution in [2.45, 2.75) is 32.6 Å². The number of hydrogen-bond acceptors (Lipinski definition) is 3. The van der Waals surface area contributed by atoms with E-state index in [0.29, 0.717) is 11.5 Å². The van der Waals surface area contributed by atoms with E-state index in [-0.39, 0.29) is 5.91 Å². The van der Waals surface area contributed by atoms with E-state index >= 15 is 0 Å². The Labute approximate surface area is 120 Å². The number of aromatic nitrogens is 1. The molecule has 1 heterocycles. The first-order valence-electron chi connectivity index (χ1n) is 7.62. The Morgan fingerprint density at radius 2 is 1.95 bits per heavy atom. The van der Waals surface area contributed by atoms with Gasteiger partial charge in [-0.2, -0.15) is 0 Å². The molecule has 0 saturated heterocycles. The monoisotopic (exact) mass is 273 g/mol. The largest absolute Gasteiger partial charge is 0.373 e. The number of nitrogens with one attached hydrogen (secondary N) is 2. The van der Waals surface area contributed by atoms with Gasteiger partial charge in [-0.05, 0) is 62.5 Å². The highest BCUT2D eigenvalue weighted by atomic mass is 16.1. The third kappa shape index (κ3) is 3.11. The predicted octanol–water partition coefficient (Wildman–Crippen LogP) is 2.60. The molecular weight excluding hydrogens is 250 g/mol. The minimum absolute atomic E-state index is 0.0262. The number of aryl methyl sites for hydroxylation is 1. The number of rotatable bonds is 6. The maximum atomic E-state index is 12.3. The van der Waals surface area contributed by atoms with Gasteiger partial charge < -0.3 is 10.6 Å². The van der Waals surface area contributed by atoms with Crippen molar-refractivity contribution < 1.29 is 4.79 Å². The quantitative estimate of drug-likeness (QED) is 0.837. The molecule has 0 aromatic carbocycles. The van der Waals surface area contributed by atoms with Crippen LogP contribution in [0.4, 0.5) is 5.82 Å². The minimum Gasteiger partial charge on any atom is -0.373 e. The van der Waals surface area contributed by atoms with E-state index in [1.54, 1.807) is 0 Å². The fourth-order valence-corrected chi connectivity index (χ4v) is 3.01. The average Bonchev–Trinajstić information content (AvgIpc) is 3.30. The van der Waals surface area contributed by atoms with Crippen LogP contribution in [0.1, 0.15) is 41.7 Å². The van der Waals surface area contributed by atoms with Crippen molar-refractivity contribution in [2.24, 2.45) is 17.8 Å². The summed E-state index contributed by atoms with van der Waals surface area (Å²) in [4.78, 5) is 16.6. The molecule has 108 valence electrons. The van der Waals surface area contributed by atoms with Gasteiger partial charge in [0.25, 0.3) is 5.91 Å². The second-order valence-corrected chi connectivity index (χ2v) is 6.18. The smallest absolute Gasteiger partial charge is 0.251 e. The first-order chi connectivity index (χ1) is 9.67.